The molecular weight excluding hydrogens is 250 g/mol. The minimum atomic E-state index is -1.01. The van der Waals surface area contributed by atoms with Gasteiger partial charge in [-0.15, -0.1) is 11.3 Å². The summed E-state index contributed by atoms with van der Waals surface area (Å²) in [6.45, 7) is 3.99. The first-order valence-corrected chi connectivity index (χ1v) is 6.68. The summed E-state index contributed by atoms with van der Waals surface area (Å²) in [6, 6.07) is 3.80. The van der Waals surface area contributed by atoms with E-state index >= 15 is 0 Å². The SMILES string of the molecule is Cc1nc(C(=O)O)c(-c2ccc(C3CC3C)o2)s1. The molecule has 1 saturated carbocycles. The third-order valence-electron chi connectivity index (χ3n) is 3.26. The Kier molecular flexibility index (Phi) is 2.52. The van der Waals surface area contributed by atoms with Gasteiger partial charge in [0.1, 0.15) is 16.4 Å². The first kappa shape index (κ1) is 11.5. The molecule has 1 N–H and O–H groups in total. The molecule has 2 heterocycles. The average Bonchev–Trinajstić information content (AvgIpc) is 2.79. The Labute approximate surface area is 108 Å². The summed E-state index contributed by atoms with van der Waals surface area (Å²) in [5.74, 6) is 1.74. The smallest absolute Gasteiger partial charge is 0.356 e. The highest BCUT2D eigenvalue weighted by Gasteiger charge is 2.37. The molecule has 0 radical (unpaired) electrons. The van der Waals surface area contributed by atoms with E-state index in [-0.39, 0.29) is 5.69 Å². The number of hydrogen-bond donors (Lipinski definition) is 1. The van der Waals surface area contributed by atoms with Crippen molar-refractivity contribution in [3.05, 3.63) is 28.6 Å². The van der Waals surface area contributed by atoms with Gasteiger partial charge in [0.15, 0.2) is 5.69 Å². The molecule has 0 bridgehead atoms. The van der Waals surface area contributed by atoms with Crippen LogP contribution < -0.4 is 0 Å². The van der Waals surface area contributed by atoms with Gasteiger partial charge in [0.25, 0.3) is 0 Å². The summed E-state index contributed by atoms with van der Waals surface area (Å²) in [6.07, 6.45) is 1.15. The molecule has 18 heavy (non-hydrogen) atoms. The quantitative estimate of drug-likeness (QED) is 0.920. The zero-order valence-electron chi connectivity index (χ0n) is 10.1. The molecular formula is C13H13NO3S. The normalized spacial score (nSPS) is 22.1. The van der Waals surface area contributed by atoms with Crippen molar-refractivity contribution in [2.75, 3.05) is 0 Å². The van der Waals surface area contributed by atoms with Gasteiger partial charge < -0.3 is 9.52 Å². The molecule has 2 unspecified atom stereocenters. The fourth-order valence-corrected chi connectivity index (χ4v) is 3.00. The van der Waals surface area contributed by atoms with Crippen molar-refractivity contribution >= 4 is 17.3 Å². The second-order valence-electron chi connectivity index (χ2n) is 4.74. The van der Waals surface area contributed by atoms with Crippen molar-refractivity contribution in [3.63, 3.8) is 0 Å². The van der Waals surface area contributed by atoms with Crippen LogP contribution in [0.4, 0.5) is 0 Å². The summed E-state index contributed by atoms with van der Waals surface area (Å²) in [5.41, 5.74) is 0.0854. The number of rotatable bonds is 3. The number of hydrogen-bond acceptors (Lipinski definition) is 4. The molecule has 2 aromatic heterocycles. The summed E-state index contributed by atoms with van der Waals surface area (Å²) in [7, 11) is 0. The number of carboxylic acids is 1. The van der Waals surface area contributed by atoms with E-state index in [2.05, 4.69) is 11.9 Å². The molecule has 94 valence electrons. The zero-order chi connectivity index (χ0) is 12.9. The van der Waals surface area contributed by atoms with Gasteiger partial charge in [-0.05, 0) is 31.4 Å². The highest BCUT2D eigenvalue weighted by Crippen LogP contribution is 2.48. The molecule has 1 fully saturated rings. The summed E-state index contributed by atoms with van der Waals surface area (Å²) >= 11 is 1.36. The van der Waals surface area contributed by atoms with Crippen LogP contribution in [0.2, 0.25) is 0 Å². The van der Waals surface area contributed by atoms with Crippen LogP contribution in [0.3, 0.4) is 0 Å². The number of nitrogens with zero attached hydrogens (tertiary/aromatic N) is 1. The van der Waals surface area contributed by atoms with Crippen molar-refractivity contribution in [1.82, 2.24) is 4.98 Å². The monoisotopic (exact) mass is 263 g/mol. The van der Waals surface area contributed by atoms with Gasteiger partial charge in [0.05, 0.1) is 5.01 Å². The third kappa shape index (κ3) is 1.84. The van der Waals surface area contributed by atoms with Crippen LogP contribution >= 0.6 is 11.3 Å². The van der Waals surface area contributed by atoms with Crippen LogP contribution in [0.5, 0.6) is 0 Å². The second kappa shape index (κ2) is 3.95. The molecule has 3 rings (SSSR count). The van der Waals surface area contributed by atoms with E-state index in [9.17, 15) is 4.79 Å². The van der Waals surface area contributed by atoms with Gasteiger partial charge in [0.2, 0.25) is 0 Å². The standard InChI is InChI=1S/C13H13NO3S/c1-6-5-8(6)9-3-4-10(17-9)12-11(13(15)16)14-7(2)18-12/h3-4,6,8H,5H2,1-2H3,(H,15,16). The fourth-order valence-electron chi connectivity index (χ4n) is 2.13. The maximum Gasteiger partial charge on any atom is 0.356 e. The number of carbonyl (C=O) groups is 1. The second-order valence-corrected chi connectivity index (χ2v) is 5.94. The van der Waals surface area contributed by atoms with Gasteiger partial charge in [-0.25, -0.2) is 9.78 Å². The Bertz CT molecular complexity index is 614. The van der Waals surface area contributed by atoms with Gasteiger partial charge in [0, 0.05) is 5.92 Å². The number of aromatic carboxylic acids is 1. The van der Waals surface area contributed by atoms with Crippen molar-refractivity contribution < 1.29 is 14.3 Å². The highest BCUT2D eigenvalue weighted by molar-refractivity contribution is 7.15. The lowest BCUT2D eigenvalue weighted by Gasteiger charge is -1.94. The molecule has 2 atom stereocenters. The van der Waals surface area contributed by atoms with Crippen LogP contribution in [-0.4, -0.2) is 16.1 Å². The maximum absolute atomic E-state index is 11.1. The van der Waals surface area contributed by atoms with Crippen LogP contribution in [0.1, 0.15) is 40.5 Å². The molecule has 0 amide bonds. The summed E-state index contributed by atoms with van der Waals surface area (Å²) in [5, 5.41) is 9.85. The average molecular weight is 263 g/mol. The molecule has 0 aromatic carbocycles. The largest absolute Gasteiger partial charge is 0.476 e. The van der Waals surface area contributed by atoms with E-state index in [1.165, 1.54) is 11.3 Å². The Hall–Kier alpha value is -1.62. The molecule has 1 aliphatic rings. The van der Waals surface area contributed by atoms with Crippen LogP contribution in [-0.2, 0) is 0 Å². The Morgan fingerprint density at radius 3 is 2.89 bits per heavy atom. The predicted octanol–water partition coefficient (Wildman–Crippen LogP) is 3.53. The van der Waals surface area contributed by atoms with Gasteiger partial charge >= 0.3 is 5.97 Å². The van der Waals surface area contributed by atoms with Crippen molar-refractivity contribution in [2.45, 2.75) is 26.2 Å². The van der Waals surface area contributed by atoms with Gasteiger partial charge in [-0.3, -0.25) is 0 Å². The highest BCUT2D eigenvalue weighted by atomic mass is 32.1. The minimum Gasteiger partial charge on any atom is -0.476 e. The van der Waals surface area contributed by atoms with Gasteiger partial charge in [-0.2, -0.15) is 0 Å². The molecule has 4 nitrogen and oxygen atoms in total. The van der Waals surface area contributed by atoms with Crippen LogP contribution in [0, 0.1) is 12.8 Å². The Balaban J connectivity index is 1.99. The van der Waals surface area contributed by atoms with E-state index < -0.39 is 5.97 Å². The molecule has 0 spiro atoms. The Morgan fingerprint density at radius 1 is 1.56 bits per heavy atom. The van der Waals surface area contributed by atoms with Gasteiger partial charge in [-0.1, -0.05) is 6.92 Å². The molecule has 5 heteroatoms. The van der Waals surface area contributed by atoms with Crippen molar-refractivity contribution in [1.29, 1.82) is 0 Å². The number of aromatic nitrogens is 1. The molecule has 0 aliphatic heterocycles. The van der Waals surface area contributed by atoms with Crippen molar-refractivity contribution in [3.8, 4) is 10.6 Å². The fraction of sp³-hybridized carbons (Fsp3) is 0.385. The maximum atomic E-state index is 11.1. The minimum absolute atomic E-state index is 0.0854. The number of carboxylic acid groups (broad SMARTS) is 1. The topological polar surface area (TPSA) is 63.3 Å². The van der Waals surface area contributed by atoms with E-state index in [1.807, 2.05) is 12.1 Å². The van der Waals surface area contributed by atoms with Crippen LogP contribution in [0.25, 0.3) is 10.6 Å². The third-order valence-corrected chi connectivity index (χ3v) is 4.25. The number of thiazole rings is 1. The lowest BCUT2D eigenvalue weighted by Crippen LogP contribution is -1.98. The van der Waals surface area contributed by atoms with E-state index in [0.29, 0.717) is 22.5 Å². The van der Waals surface area contributed by atoms with E-state index in [0.717, 1.165) is 17.2 Å². The van der Waals surface area contributed by atoms with Crippen molar-refractivity contribution in [2.24, 2.45) is 5.92 Å². The number of furan rings is 1. The molecule has 2 aromatic rings. The summed E-state index contributed by atoms with van der Waals surface area (Å²) < 4.78 is 5.78. The number of aryl methyl sites for hydroxylation is 1. The van der Waals surface area contributed by atoms with E-state index in [1.54, 1.807) is 6.92 Å². The Morgan fingerprint density at radius 2 is 2.28 bits per heavy atom. The lowest BCUT2D eigenvalue weighted by atomic mass is 10.2. The first-order valence-electron chi connectivity index (χ1n) is 5.87. The van der Waals surface area contributed by atoms with E-state index in [4.69, 9.17) is 9.52 Å². The van der Waals surface area contributed by atoms with Crippen LogP contribution in [0.15, 0.2) is 16.5 Å². The predicted molar refractivity (Wildman–Crippen MR) is 68.0 cm³/mol. The summed E-state index contributed by atoms with van der Waals surface area (Å²) in [4.78, 5) is 15.8. The molecule has 0 saturated heterocycles. The zero-order valence-corrected chi connectivity index (χ0v) is 11.0. The lowest BCUT2D eigenvalue weighted by molar-refractivity contribution is 0.0692. The molecule has 1 aliphatic carbocycles. The first-order chi connectivity index (χ1) is 8.56.